The first-order valence-electron chi connectivity index (χ1n) is 7.58. The fourth-order valence-electron chi connectivity index (χ4n) is 2.05. The highest BCUT2D eigenvalue weighted by atomic mass is 16.5. The van der Waals surface area contributed by atoms with E-state index in [1.54, 1.807) is 0 Å². The third-order valence-electron chi connectivity index (χ3n) is 3.23. The first-order chi connectivity index (χ1) is 9.27. The Hall–Kier alpha value is -1.09. The molecular weight excluding hydrogens is 236 g/mol. The minimum absolute atomic E-state index is 0.265. The minimum Gasteiger partial charge on any atom is -0.489 e. The monoisotopic (exact) mass is 264 g/mol. The number of hydrogen-bond donors (Lipinski definition) is 1. The molecule has 108 valence electrons. The van der Waals surface area contributed by atoms with Crippen molar-refractivity contribution < 1.29 is 4.74 Å². The lowest BCUT2D eigenvalue weighted by Crippen LogP contribution is -2.16. The molecule has 1 N–H and O–H groups in total. The number of pyridine rings is 1. The lowest BCUT2D eigenvalue weighted by atomic mass is 10.1. The number of nitrogens with zero attached hydrogens (tertiary/aromatic N) is 1. The van der Waals surface area contributed by atoms with E-state index in [0.717, 1.165) is 25.3 Å². The van der Waals surface area contributed by atoms with E-state index in [1.807, 2.05) is 18.5 Å². The smallest absolute Gasteiger partial charge is 0.142 e. The van der Waals surface area contributed by atoms with Crippen LogP contribution >= 0.6 is 0 Å². The van der Waals surface area contributed by atoms with E-state index in [2.05, 4.69) is 31.1 Å². The Morgan fingerprint density at radius 2 is 2.11 bits per heavy atom. The molecule has 1 aromatic heterocycles. The fraction of sp³-hybridized carbons (Fsp3) is 0.688. The van der Waals surface area contributed by atoms with E-state index in [4.69, 9.17) is 4.74 Å². The summed E-state index contributed by atoms with van der Waals surface area (Å²) in [6.45, 7) is 8.31. The number of ether oxygens (including phenoxy) is 1. The van der Waals surface area contributed by atoms with Gasteiger partial charge in [0, 0.05) is 18.3 Å². The summed E-state index contributed by atoms with van der Waals surface area (Å²) in [6.07, 6.45) is 10.2. The van der Waals surface area contributed by atoms with Gasteiger partial charge in [-0.25, -0.2) is 0 Å². The van der Waals surface area contributed by atoms with E-state index < -0.39 is 0 Å². The summed E-state index contributed by atoms with van der Waals surface area (Å²) in [7, 11) is 0. The van der Waals surface area contributed by atoms with Gasteiger partial charge in [0.25, 0.3) is 0 Å². The van der Waals surface area contributed by atoms with Crippen molar-refractivity contribution in [3.05, 3.63) is 24.0 Å². The van der Waals surface area contributed by atoms with E-state index in [0.29, 0.717) is 0 Å². The van der Waals surface area contributed by atoms with Gasteiger partial charge >= 0.3 is 0 Å². The largest absolute Gasteiger partial charge is 0.489 e. The maximum Gasteiger partial charge on any atom is 0.142 e. The first-order valence-corrected chi connectivity index (χ1v) is 7.58. The predicted molar refractivity (Wildman–Crippen MR) is 80.5 cm³/mol. The molecule has 0 aromatic carbocycles. The molecule has 1 atom stereocenters. The lowest BCUT2D eigenvalue weighted by molar-refractivity contribution is 0.203. The van der Waals surface area contributed by atoms with Crippen LogP contribution in [0.2, 0.25) is 0 Å². The van der Waals surface area contributed by atoms with E-state index in [-0.39, 0.29) is 6.10 Å². The van der Waals surface area contributed by atoms with Crippen LogP contribution < -0.4 is 10.1 Å². The highest BCUT2D eigenvalue weighted by Gasteiger charge is 2.08. The highest BCUT2D eigenvalue weighted by molar-refractivity contribution is 5.29. The second-order valence-corrected chi connectivity index (χ2v) is 5.04. The van der Waals surface area contributed by atoms with Crippen molar-refractivity contribution in [2.45, 2.75) is 65.5 Å². The van der Waals surface area contributed by atoms with Crippen molar-refractivity contribution in [1.29, 1.82) is 0 Å². The minimum atomic E-state index is 0.265. The van der Waals surface area contributed by atoms with Crippen molar-refractivity contribution in [2.75, 3.05) is 6.54 Å². The van der Waals surface area contributed by atoms with Crippen LogP contribution in [0.4, 0.5) is 0 Å². The van der Waals surface area contributed by atoms with Crippen LogP contribution in [0, 0.1) is 0 Å². The van der Waals surface area contributed by atoms with Crippen molar-refractivity contribution in [2.24, 2.45) is 0 Å². The van der Waals surface area contributed by atoms with Gasteiger partial charge in [-0.1, -0.05) is 33.1 Å². The van der Waals surface area contributed by atoms with Crippen LogP contribution in [-0.4, -0.2) is 17.6 Å². The van der Waals surface area contributed by atoms with E-state index in [1.165, 1.54) is 31.2 Å². The molecule has 0 saturated heterocycles. The van der Waals surface area contributed by atoms with Crippen LogP contribution in [-0.2, 0) is 6.54 Å². The molecule has 3 heteroatoms. The van der Waals surface area contributed by atoms with Gasteiger partial charge in [-0.15, -0.1) is 0 Å². The Labute approximate surface area is 117 Å². The third-order valence-corrected chi connectivity index (χ3v) is 3.23. The zero-order valence-corrected chi connectivity index (χ0v) is 12.6. The molecule has 1 heterocycles. The molecule has 0 amide bonds. The SMILES string of the molecule is CCCCCCC(C)Oc1cnccc1CNCC. The number of aromatic nitrogens is 1. The normalized spacial score (nSPS) is 12.4. The second kappa shape index (κ2) is 9.79. The zero-order chi connectivity index (χ0) is 13.9. The van der Waals surface area contributed by atoms with Crippen molar-refractivity contribution in [3.63, 3.8) is 0 Å². The molecule has 0 radical (unpaired) electrons. The maximum absolute atomic E-state index is 6.02. The molecule has 1 rings (SSSR count). The van der Waals surface area contributed by atoms with Crippen molar-refractivity contribution >= 4 is 0 Å². The molecule has 1 aromatic rings. The van der Waals surface area contributed by atoms with Gasteiger partial charge in [0.15, 0.2) is 0 Å². The molecule has 19 heavy (non-hydrogen) atoms. The number of hydrogen-bond acceptors (Lipinski definition) is 3. The molecular formula is C16H28N2O. The number of rotatable bonds is 10. The number of nitrogens with one attached hydrogen (secondary N) is 1. The molecule has 0 aliphatic rings. The molecule has 0 aliphatic heterocycles. The van der Waals surface area contributed by atoms with E-state index >= 15 is 0 Å². The van der Waals surface area contributed by atoms with Crippen molar-refractivity contribution in [1.82, 2.24) is 10.3 Å². The summed E-state index contributed by atoms with van der Waals surface area (Å²) in [5.41, 5.74) is 1.19. The number of unbranched alkanes of at least 4 members (excludes halogenated alkanes) is 3. The molecule has 0 saturated carbocycles. The second-order valence-electron chi connectivity index (χ2n) is 5.04. The predicted octanol–water partition coefficient (Wildman–Crippen LogP) is 3.93. The Morgan fingerprint density at radius 3 is 2.84 bits per heavy atom. The zero-order valence-electron chi connectivity index (χ0n) is 12.6. The average Bonchev–Trinajstić information content (AvgIpc) is 2.43. The Morgan fingerprint density at radius 1 is 1.26 bits per heavy atom. The summed E-state index contributed by atoms with van der Waals surface area (Å²) in [5.74, 6) is 0.923. The van der Waals surface area contributed by atoms with Crippen LogP contribution in [0.3, 0.4) is 0 Å². The van der Waals surface area contributed by atoms with Gasteiger partial charge in [0.2, 0.25) is 0 Å². The van der Waals surface area contributed by atoms with Gasteiger partial charge in [-0.3, -0.25) is 4.98 Å². The van der Waals surface area contributed by atoms with Crippen LogP contribution in [0.1, 0.15) is 58.4 Å². The quantitative estimate of drug-likeness (QED) is 0.650. The average molecular weight is 264 g/mol. The van der Waals surface area contributed by atoms with Gasteiger partial charge in [0.1, 0.15) is 5.75 Å². The summed E-state index contributed by atoms with van der Waals surface area (Å²) in [6, 6.07) is 2.03. The Balaban J connectivity index is 2.41. The van der Waals surface area contributed by atoms with Gasteiger partial charge < -0.3 is 10.1 Å². The molecule has 0 aliphatic carbocycles. The lowest BCUT2D eigenvalue weighted by Gasteiger charge is -2.17. The van der Waals surface area contributed by atoms with Crippen LogP contribution in [0.5, 0.6) is 5.75 Å². The molecule has 0 spiro atoms. The summed E-state index contributed by atoms with van der Waals surface area (Å²) >= 11 is 0. The highest BCUT2D eigenvalue weighted by Crippen LogP contribution is 2.19. The van der Waals surface area contributed by atoms with Gasteiger partial charge in [0.05, 0.1) is 12.3 Å². The van der Waals surface area contributed by atoms with Crippen LogP contribution in [0.15, 0.2) is 18.5 Å². The van der Waals surface area contributed by atoms with Crippen molar-refractivity contribution in [3.8, 4) is 5.75 Å². The molecule has 3 nitrogen and oxygen atoms in total. The fourth-order valence-corrected chi connectivity index (χ4v) is 2.05. The Kier molecular flexibility index (Phi) is 8.23. The maximum atomic E-state index is 6.02. The topological polar surface area (TPSA) is 34.1 Å². The first kappa shape index (κ1) is 16.0. The molecule has 0 bridgehead atoms. The van der Waals surface area contributed by atoms with Gasteiger partial charge in [-0.05, 0) is 32.4 Å². The third kappa shape index (κ3) is 6.58. The summed E-state index contributed by atoms with van der Waals surface area (Å²) in [5, 5.41) is 3.33. The van der Waals surface area contributed by atoms with Gasteiger partial charge in [-0.2, -0.15) is 0 Å². The van der Waals surface area contributed by atoms with Crippen LogP contribution in [0.25, 0.3) is 0 Å². The summed E-state index contributed by atoms with van der Waals surface area (Å²) < 4.78 is 6.02. The Bertz CT molecular complexity index is 341. The standard InChI is InChI=1S/C16H28N2O/c1-4-6-7-8-9-14(3)19-16-13-18-11-10-15(16)12-17-5-2/h10-11,13-14,17H,4-9,12H2,1-3H3. The summed E-state index contributed by atoms with van der Waals surface area (Å²) in [4.78, 5) is 4.16. The molecule has 0 fully saturated rings. The molecule has 1 unspecified atom stereocenters. The van der Waals surface area contributed by atoms with E-state index in [9.17, 15) is 0 Å².